The first-order valence-corrected chi connectivity index (χ1v) is 12.2. The minimum atomic E-state index is -0.708. The standard InChI is InChI=1S/C23H25Cl2NO2S/c1-15-7-20(3-4-21(15)22(27)8-16-12-29(28)13-16)26-6-5-23(2,14-26)17-9-18(24)11-19(25)10-17/h3-4,7,9-11,16H,5-6,8,12-14H2,1-2H3. The van der Waals surface area contributed by atoms with E-state index in [1.54, 1.807) is 6.07 Å². The first kappa shape index (κ1) is 20.9. The maximum Gasteiger partial charge on any atom is 0.163 e. The Hall–Kier alpha value is -1.36. The minimum Gasteiger partial charge on any atom is -0.371 e. The van der Waals surface area contributed by atoms with E-state index in [4.69, 9.17) is 23.2 Å². The van der Waals surface area contributed by atoms with Gasteiger partial charge in [0.25, 0.3) is 0 Å². The molecule has 0 amide bonds. The summed E-state index contributed by atoms with van der Waals surface area (Å²) < 4.78 is 11.3. The number of carbonyl (C=O) groups is 1. The van der Waals surface area contributed by atoms with Crippen molar-refractivity contribution in [3.63, 3.8) is 0 Å². The van der Waals surface area contributed by atoms with Crippen LogP contribution in [0.3, 0.4) is 0 Å². The van der Waals surface area contributed by atoms with Crippen molar-refractivity contribution in [1.82, 2.24) is 0 Å². The third kappa shape index (κ3) is 4.40. The zero-order chi connectivity index (χ0) is 20.8. The number of Topliss-reactive ketones (excluding diaryl/α,β-unsaturated/α-hetero) is 1. The topological polar surface area (TPSA) is 37.4 Å². The van der Waals surface area contributed by atoms with Crippen LogP contribution >= 0.6 is 23.2 Å². The highest BCUT2D eigenvalue weighted by Crippen LogP contribution is 2.39. The fourth-order valence-corrected chi connectivity index (χ4v) is 6.16. The summed E-state index contributed by atoms with van der Waals surface area (Å²) in [5.41, 5.74) is 4.08. The van der Waals surface area contributed by atoms with Crippen LogP contribution in [0, 0.1) is 12.8 Å². The van der Waals surface area contributed by atoms with Crippen molar-refractivity contribution in [1.29, 1.82) is 0 Å². The van der Waals surface area contributed by atoms with Gasteiger partial charge in [-0.3, -0.25) is 9.00 Å². The lowest BCUT2D eigenvalue weighted by molar-refractivity contribution is 0.0966. The Morgan fingerprint density at radius 2 is 1.86 bits per heavy atom. The van der Waals surface area contributed by atoms with Gasteiger partial charge in [0.2, 0.25) is 0 Å². The molecule has 4 rings (SSSR count). The third-order valence-corrected chi connectivity index (χ3v) is 8.35. The molecule has 154 valence electrons. The van der Waals surface area contributed by atoms with Crippen LogP contribution in [0.1, 0.15) is 41.3 Å². The number of halogens is 2. The van der Waals surface area contributed by atoms with E-state index in [0.29, 0.717) is 28.0 Å². The molecule has 3 nitrogen and oxygen atoms in total. The predicted octanol–water partition coefficient (Wildman–Crippen LogP) is 5.42. The van der Waals surface area contributed by atoms with Gasteiger partial charge in [0.15, 0.2) is 5.78 Å². The van der Waals surface area contributed by atoms with Gasteiger partial charge in [-0.15, -0.1) is 0 Å². The maximum atomic E-state index is 12.6. The van der Waals surface area contributed by atoms with Crippen LogP contribution in [0.4, 0.5) is 5.69 Å². The largest absolute Gasteiger partial charge is 0.371 e. The van der Waals surface area contributed by atoms with Crippen molar-refractivity contribution in [3.05, 3.63) is 63.1 Å². The maximum absolute atomic E-state index is 12.6. The van der Waals surface area contributed by atoms with Crippen LogP contribution in [0.2, 0.25) is 10.0 Å². The molecule has 0 aromatic heterocycles. The highest BCUT2D eigenvalue weighted by atomic mass is 35.5. The third-order valence-electron chi connectivity index (χ3n) is 6.23. The van der Waals surface area contributed by atoms with E-state index in [0.717, 1.165) is 36.3 Å². The normalized spacial score (nSPS) is 26.4. The Kier molecular flexibility index (Phi) is 5.80. The number of carbonyl (C=O) groups excluding carboxylic acids is 1. The second-order valence-corrected chi connectivity index (χ2v) is 11.1. The van der Waals surface area contributed by atoms with E-state index in [-0.39, 0.29) is 17.1 Å². The first-order chi connectivity index (χ1) is 13.7. The van der Waals surface area contributed by atoms with E-state index < -0.39 is 10.8 Å². The average Bonchev–Trinajstić information content (AvgIpc) is 3.03. The van der Waals surface area contributed by atoms with Gasteiger partial charge in [0, 0.05) is 68.5 Å². The van der Waals surface area contributed by atoms with Gasteiger partial charge in [0.05, 0.1) is 0 Å². The lowest BCUT2D eigenvalue weighted by Crippen LogP contribution is -2.32. The van der Waals surface area contributed by atoms with Crippen molar-refractivity contribution in [2.24, 2.45) is 5.92 Å². The van der Waals surface area contributed by atoms with Gasteiger partial charge < -0.3 is 4.90 Å². The van der Waals surface area contributed by atoms with Crippen LogP contribution in [-0.4, -0.2) is 34.6 Å². The number of benzene rings is 2. The zero-order valence-corrected chi connectivity index (χ0v) is 19.0. The second-order valence-electron chi connectivity index (χ2n) is 8.66. The van der Waals surface area contributed by atoms with Gasteiger partial charge in [-0.2, -0.15) is 0 Å². The summed E-state index contributed by atoms with van der Waals surface area (Å²) in [7, 11) is -0.708. The Balaban J connectivity index is 1.48. The second kappa shape index (κ2) is 8.05. The smallest absolute Gasteiger partial charge is 0.163 e. The van der Waals surface area contributed by atoms with Crippen LogP contribution in [-0.2, 0) is 16.2 Å². The molecule has 2 saturated heterocycles. The monoisotopic (exact) mass is 449 g/mol. The minimum absolute atomic E-state index is 0.0171. The Bertz CT molecular complexity index is 965. The van der Waals surface area contributed by atoms with Crippen molar-refractivity contribution in [2.45, 2.75) is 32.1 Å². The molecule has 0 radical (unpaired) electrons. The average molecular weight is 450 g/mol. The Morgan fingerprint density at radius 1 is 1.17 bits per heavy atom. The molecule has 0 saturated carbocycles. The lowest BCUT2D eigenvalue weighted by Gasteiger charge is -2.27. The molecule has 29 heavy (non-hydrogen) atoms. The van der Waals surface area contributed by atoms with Gasteiger partial charge in [-0.25, -0.2) is 0 Å². The number of aryl methyl sites for hydroxylation is 1. The zero-order valence-electron chi connectivity index (χ0n) is 16.7. The van der Waals surface area contributed by atoms with Crippen LogP contribution in [0.5, 0.6) is 0 Å². The molecule has 2 fully saturated rings. The van der Waals surface area contributed by atoms with Gasteiger partial charge in [0.1, 0.15) is 0 Å². The molecule has 6 heteroatoms. The Labute approximate surface area is 184 Å². The molecule has 2 aliphatic rings. The number of nitrogens with zero attached hydrogens (tertiary/aromatic N) is 1. The molecule has 0 N–H and O–H groups in total. The van der Waals surface area contributed by atoms with E-state index in [2.05, 4.69) is 24.0 Å². The van der Waals surface area contributed by atoms with Gasteiger partial charge >= 0.3 is 0 Å². The quantitative estimate of drug-likeness (QED) is 0.571. The van der Waals surface area contributed by atoms with Crippen molar-refractivity contribution < 1.29 is 9.00 Å². The van der Waals surface area contributed by atoms with E-state index >= 15 is 0 Å². The van der Waals surface area contributed by atoms with Crippen LogP contribution in [0.15, 0.2) is 36.4 Å². The van der Waals surface area contributed by atoms with Gasteiger partial charge in [-0.05, 0) is 66.8 Å². The number of anilines is 1. The molecule has 2 aromatic rings. The molecular weight excluding hydrogens is 425 g/mol. The number of hydrogen-bond donors (Lipinski definition) is 0. The summed E-state index contributed by atoms with van der Waals surface area (Å²) in [5.74, 6) is 1.78. The van der Waals surface area contributed by atoms with E-state index in [1.165, 1.54) is 5.56 Å². The first-order valence-electron chi connectivity index (χ1n) is 9.94. The number of rotatable bonds is 5. The van der Waals surface area contributed by atoms with Gasteiger partial charge in [-0.1, -0.05) is 30.1 Å². The molecule has 0 spiro atoms. The summed E-state index contributed by atoms with van der Waals surface area (Å²) in [4.78, 5) is 15.0. The summed E-state index contributed by atoms with van der Waals surface area (Å²) in [6, 6.07) is 11.9. The highest BCUT2D eigenvalue weighted by molar-refractivity contribution is 7.86. The van der Waals surface area contributed by atoms with Crippen LogP contribution < -0.4 is 4.90 Å². The van der Waals surface area contributed by atoms with Crippen molar-refractivity contribution in [2.75, 3.05) is 29.5 Å². The van der Waals surface area contributed by atoms with Crippen LogP contribution in [0.25, 0.3) is 0 Å². The fraction of sp³-hybridized carbons (Fsp3) is 0.435. The summed E-state index contributed by atoms with van der Waals surface area (Å²) >= 11 is 12.4. The SMILES string of the molecule is Cc1cc(N2CCC(C)(c3cc(Cl)cc(Cl)c3)C2)ccc1C(=O)CC1CS(=O)C1. The molecule has 2 aliphatic heterocycles. The summed E-state index contributed by atoms with van der Waals surface area (Å²) in [6.07, 6.45) is 1.52. The summed E-state index contributed by atoms with van der Waals surface area (Å²) in [6.45, 7) is 6.08. The number of ketones is 1. The van der Waals surface area contributed by atoms with E-state index in [9.17, 15) is 9.00 Å². The predicted molar refractivity (Wildman–Crippen MR) is 122 cm³/mol. The van der Waals surface area contributed by atoms with E-state index in [1.807, 2.05) is 25.1 Å². The Morgan fingerprint density at radius 3 is 2.48 bits per heavy atom. The highest BCUT2D eigenvalue weighted by Gasteiger charge is 2.36. The fourth-order valence-electron chi connectivity index (χ4n) is 4.44. The summed E-state index contributed by atoms with van der Waals surface area (Å²) in [5, 5.41) is 1.34. The molecule has 2 heterocycles. The number of hydrogen-bond acceptors (Lipinski definition) is 3. The molecule has 1 atom stereocenters. The lowest BCUT2D eigenvalue weighted by atomic mass is 9.82. The molecular formula is C23H25Cl2NO2S. The molecule has 2 aromatic carbocycles. The van der Waals surface area contributed by atoms with Crippen molar-refractivity contribution in [3.8, 4) is 0 Å². The molecule has 0 bridgehead atoms. The molecule has 0 aliphatic carbocycles. The molecule has 1 unspecified atom stereocenters. The van der Waals surface area contributed by atoms with Crippen molar-refractivity contribution >= 4 is 45.5 Å².